The van der Waals surface area contributed by atoms with Crippen molar-refractivity contribution in [3.63, 3.8) is 0 Å². The molecular formula is C24H35N2O+. The number of aryl methyl sites for hydroxylation is 1. The fraction of sp³-hybridized carbons (Fsp3) is 0.500. The molecule has 146 valence electrons. The molecule has 1 heterocycles. The van der Waals surface area contributed by atoms with Gasteiger partial charge in [-0.05, 0) is 18.6 Å². The van der Waals surface area contributed by atoms with Gasteiger partial charge in [0.15, 0.2) is 12.4 Å². The van der Waals surface area contributed by atoms with E-state index in [1.807, 2.05) is 54.9 Å². The number of carbonyl (C=O) groups excluding carboxylic acids is 1. The average Bonchev–Trinajstić information content (AvgIpc) is 2.71. The molecule has 27 heavy (non-hydrogen) atoms. The Balaban J connectivity index is 1.57. The molecule has 0 aliphatic carbocycles. The van der Waals surface area contributed by atoms with E-state index in [0.717, 1.165) is 12.2 Å². The monoisotopic (exact) mass is 367 g/mol. The Morgan fingerprint density at radius 3 is 1.93 bits per heavy atom. The van der Waals surface area contributed by atoms with Crippen LogP contribution in [0, 0.1) is 0 Å². The van der Waals surface area contributed by atoms with Gasteiger partial charge in [0.1, 0.15) is 6.54 Å². The first-order valence-electron chi connectivity index (χ1n) is 10.6. The van der Waals surface area contributed by atoms with Crippen LogP contribution < -0.4 is 9.88 Å². The van der Waals surface area contributed by atoms with Crippen LogP contribution in [0.2, 0.25) is 0 Å². The van der Waals surface area contributed by atoms with Crippen LogP contribution in [0.15, 0.2) is 54.9 Å². The lowest BCUT2D eigenvalue weighted by Crippen LogP contribution is -2.32. The van der Waals surface area contributed by atoms with Crippen molar-refractivity contribution in [3.8, 4) is 0 Å². The molecule has 1 N–H and O–H groups in total. The van der Waals surface area contributed by atoms with Crippen LogP contribution in [0.1, 0.15) is 81.5 Å². The Labute approximate surface area is 164 Å². The lowest BCUT2D eigenvalue weighted by Gasteiger charge is -2.05. The number of nitrogens with zero attached hydrogens (tertiary/aromatic N) is 1. The smallest absolute Gasteiger partial charge is 0.255 e. The van der Waals surface area contributed by atoms with E-state index in [4.69, 9.17) is 0 Å². The van der Waals surface area contributed by atoms with Crippen molar-refractivity contribution < 1.29 is 9.36 Å². The third kappa shape index (κ3) is 8.85. The maximum atomic E-state index is 12.2. The molecule has 0 aliphatic rings. The first-order chi connectivity index (χ1) is 13.3. The molecule has 1 aromatic heterocycles. The zero-order chi connectivity index (χ0) is 19.2. The van der Waals surface area contributed by atoms with Crippen LogP contribution in [0.3, 0.4) is 0 Å². The van der Waals surface area contributed by atoms with Crippen molar-refractivity contribution in [2.24, 2.45) is 0 Å². The van der Waals surface area contributed by atoms with Gasteiger partial charge in [0.25, 0.3) is 5.91 Å². The fourth-order valence-electron chi connectivity index (χ4n) is 3.26. The maximum Gasteiger partial charge on any atom is 0.255 e. The molecule has 0 fully saturated rings. The number of nitrogens with one attached hydrogen (secondary N) is 1. The number of pyridine rings is 1. The van der Waals surface area contributed by atoms with E-state index in [1.54, 1.807) is 0 Å². The number of unbranched alkanes of at least 4 members (excludes halogenated alkanes) is 9. The molecule has 2 rings (SSSR count). The van der Waals surface area contributed by atoms with Crippen LogP contribution in [0.5, 0.6) is 0 Å². The summed E-state index contributed by atoms with van der Waals surface area (Å²) in [5, 5.41) is 2.94. The number of hydrogen-bond acceptors (Lipinski definition) is 1. The molecule has 0 saturated carbocycles. The average molecular weight is 368 g/mol. The van der Waals surface area contributed by atoms with E-state index < -0.39 is 0 Å². The van der Waals surface area contributed by atoms with E-state index in [0.29, 0.717) is 5.56 Å². The minimum atomic E-state index is -0.0666. The molecule has 0 radical (unpaired) electrons. The number of anilines is 1. The Kier molecular flexibility index (Phi) is 10.2. The first-order valence-corrected chi connectivity index (χ1v) is 10.6. The number of aromatic nitrogens is 1. The summed E-state index contributed by atoms with van der Waals surface area (Å²) in [6, 6.07) is 13.2. The Morgan fingerprint density at radius 2 is 1.33 bits per heavy atom. The molecule has 3 nitrogen and oxygen atoms in total. The third-order valence-corrected chi connectivity index (χ3v) is 4.95. The van der Waals surface area contributed by atoms with Crippen molar-refractivity contribution in [2.45, 2.75) is 77.7 Å². The lowest BCUT2D eigenvalue weighted by molar-refractivity contribution is -0.697. The second kappa shape index (κ2) is 13.1. The summed E-state index contributed by atoms with van der Waals surface area (Å²) >= 11 is 0. The summed E-state index contributed by atoms with van der Waals surface area (Å²) in [6.45, 7) is 3.32. The topological polar surface area (TPSA) is 33.0 Å². The number of rotatable bonds is 13. The zero-order valence-corrected chi connectivity index (χ0v) is 16.8. The molecule has 0 saturated heterocycles. The largest absolute Gasteiger partial charge is 0.322 e. The highest BCUT2D eigenvalue weighted by Crippen LogP contribution is 2.11. The standard InChI is InChI=1S/C24H34N2O/c1-2-3-4-5-6-7-8-9-10-14-19-26-20-17-23(18-21-26)25-24(27)22-15-12-11-13-16-22/h11-13,15-18,20-21H,2-10,14,19H2,1H3/p+1. The predicted molar refractivity (Wildman–Crippen MR) is 113 cm³/mol. The van der Waals surface area contributed by atoms with Crippen LogP contribution in [-0.2, 0) is 6.54 Å². The van der Waals surface area contributed by atoms with Gasteiger partial charge in [-0.15, -0.1) is 0 Å². The molecule has 0 unspecified atom stereocenters. The van der Waals surface area contributed by atoms with Crippen molar-refractivity contribution in [3.05, 3.63) is 60.4 Å². The van der Waals surface area contributed by atoms with Gasteiger partial charge in [0.05, 0.1) is 5.69 Å². The van der Waals surface area contributed by atoms with E-state index in [1.165, 1.54) is 64.2 Å². The van der Waals surface area contributed by atoms with E-state index >= 15 is 0 Å². The molecule has 3 heteroatoms. The summed E-state index contributed by atoms with van der Waals surface area (Å²) in [4.78, 5) is 12.2. The summed E-state index contributed by atoms with van der Waals surface area (Å²) in [7, 11) is 0. The first kappa shape index (κ1) is 21.1. The highest BCUT2D eigenvalue weighted by molar-refractivity contribution is 6.04. The highest BCUT2D eigenvalue weighted by atomic mass is 16.1. The zero-order valence-electron chi connectivity index (χ0n) is 16.8. The van der Waals surface area contributed by atoms with Gasteiger partial charge in [0, 0.05) is 24.1 Å². The SMILES string of the molecule is CCCCCCCCCCCC[n+]1ccc(NC(=O)c2ccccc2)cc1. The summed E-state index contributed by atoms with van der Waals surface area (Å²) in [5.41, 5.74) is 1.52. The third-order valence-electron chi connectivity index (χ3n) is 4.95. The molecule has 0 aliphatic heterocycles. The van der Waals surface area contributed by atoms with Gasteiger partial charge in [-0.2, -0.15) is 0 Å². The number of hydrogen-bond donors (Lipinski definition) is 1. The van der Waals surface area contributed by atoms with Crippen LogP contribution in [0.25, 0.3) is 0 Å². The highest BCUT2D eigenvalue weighted by Gasteiger charge is 2.06. The van der Waals surface area contributed by atoms with Gasteiger partial charge in [-0.25, -0.2) is 4.57 Å². The van der Waals surface area contributed by atoms with Crippen molar-refractivity contribution in [2.75, 3.05) is 5.32 Å². The number of amides is 1. The lowest BCUT2D eigenvalue weighted by atomic mass is 10.1. The molecule has 1 amide bonds. The second-order valence-electron chi connectivity index (χ2n) is 7.33. The molecule has 1 aromatic carbocycles. The van der Waals surface area contributed by atoms with Crippen molar-refractivity contribution >= 4 is 11.6 Å². The van der Waals surface area contributed by atoms with Crippen LogP contribution in [-0.4, -0.2) is 5.91 Å². The van der Waals surface area contributed by atoms with Gasteiger partial charge in [0.2, 0.25) is 0 Å². The fourth-order valence-corrected chi connectivity index (χ4v) is 3.26. The second-order valence-corrected chi connectivity index (χ2v) is 7.33. The maximum absolute atomic E-state index is 12.2. The van der Waals surface area contributed by atoms with E-state index in [-0.39, 0.29) is 5.91 Å². The predicted octanol–water partition coefficient (Wildman–Crippen LogP) is 6.15. The van der Waals surface area contributed by atoms with Gasteiger partial charge < -0.3 is 5.32 Å². The molecule has 2 aromatic rings. The van der Waals surface area contributed by atoms with Crippen molar-refractivity contribution in [1.29, 1.82) is 0 Å². The van der Waals surface area contributed by atoms with E-state index in [2.05, 4.69) is 16.8 Å². The molecular weight excluding hydrogens is 332 g/mol. The van der Waals surface area contributed by atoms with Crippen molar-refractivity contribution in [1.82, 2.24) is 0 Å². The molecule has 0 bridgehead atoms. The Bertz CT molecular complexity index is 637. The summed E-state index contributed by atoms with van der Waals surface area (Å²) in [5.74, 6) is -0.0666. The molecule has 0 spiro atoms. The van der Waals surface area contributed by atoms with Crippen LogP contribution in [0.4, 0.5) is 5.69 Å². The van der Waals surface area contributed by atoms with Gasteiger partial charge in [-0.1, -0.05) is 76.5 Å². The normalized spacial score (nSPS) is 10.7. The van der Waals surface area contributed by atoms with Gasteiger partial charge >= 0.3 is 0 Å². The van der Waals surface area contributed by atoms with Crippen LogP contribution >= 0.6 is 0 Å². The number of benzene rings is 1. The number of carbonyl (C=O) groups is 1. The van der Waals surface area contributed by atoms with Gasteiger partial charge in [-0.3, -0.25) is 4.79 Å². The Morgan fingerprint density at radius 1 is 0.778 bits per heavy atom. The molecule has 0 atom stereocenters. The summed E-state index contributed by atoms with van der Waals surface area (Å²) < 4.78 is 2.20. The quantitative estimate of drug-likeness (QED) is 0.334. The summed E-state index contributed by atoms with van der Waals surface area (Å²) in [6.07, 6.45) is 17.7. The minimum Gasteiger partial charge on any atom is -0.322 e. The van der Waals surface area contributed by atoms with E-state index in [9.17, 15) is 4.79 Å². The minimum absolute atomic E-state index is 0.0666. The Hall–Kier alpha value is -2.16.